The van der Waals surface area contributed by atoms with Gasteiger partial charge in [-0.25, -0.2) is 0 Å². The molecule has 0 aromatic heterocycles. The molecule has 1 aliphatic heterocycles. The monoisotopic (exact) mass is 388 g/mol. The summed E-state index contributed by atoms with van der Waals surface area (Å²) >= 11 is 0. The quantitative estimate of drug-likeness (QED) is 0.569. The van der Waals surface area contributed by atoms with Crippen LogP contribution in [-0.2, 0) is 4.74 Å². The zero-order valence-electron chi connectivity index (χ0n) is 15.9. The largest absolute Gasteiger partial charge is 0.394 e. The maximum atomic E-state index is 11.9. The van der Waals surface area contributed by atoms with Gasteiger partial charge in [0.25, 0.3) is 0 Å². The number of hydrogen-bond acceptors (Lipinski definition) is 5. The van der Waals surface area contributed by atoms with Crippen molar-refractivity contribution in [1.29, 1.82) is 0 Å². The Morgan fingerprint density at radius 2 is 1.37 bits per heavy atom. The van der Waals surface area contributed by atoms with Crippen LogP contribution in [0.3, 0.4) is 0 Å². The minimum atomic E-state index is -3.29. The van der Waals surface area contributed by atoms with Crippen molar-refractivity contribution in [3.05, 3.63) is 60.7 Å². The van der Waals surface area contributed by atoms with Crippen LogP contribution in [-0.4, -0.2) is 58.8 Å². The van der Waals surface area contributed by atoms with Crippen LogP contribution in [0.4, 0.5) is 0 Å². The molecule has 6 heteroatoms. The Hall–Kier alpha value is -1.54. The summed E-state index contributed by atoms with van der Waals surface area (Å²) in [6.07, 6.45) is -3.96. The van der Waals surface area contributed by atoms with Gasteiger partial charge in [-0.3, -0.25) is 0 Å². The average molecular weight is 389 g/mol. The van der Waals surface area contributed by atoms with E-state index >= 15 is 0 Å². The second kappa shape index (κ2) is 7.13. The van der Waals surface area contributed by atoms with Crippen LogP contribution < -0.4 is 10.4 Å². The van der Waals surface area contributed by atoms with Gasteiger partial charge in [-0.2, -0.15) is 0 Å². The van der Waals surface area contributed by atoms with E-state index < -0.39 is 43.4 Å². The summed E-state index contributed by atoms with van der Waals surface area (Å²) < 4.78 is 5.89. The van der Waals surface area contributed by atoms with Crippen LogP contribution in [0.2, 0.25) is 5.04 Å². The van der Waals surface area contributed by atoms with E-state index in [-0.39, 0.29) is 0 Å². The Morgan fingerprint density at radius 1 is 0.926 bits per heavy atom. The molecule has 0 saturated carbocycles. The second-order valence-electron chi connectivity index (χ2n) is 8.20. The number of hydrogen-bond donors (Lipinski definition) is 4. The van der Waals surface area contributed by atoms with E-state index in [9.17, 15) is 20.4 Å². The summed E-state index contributed by atoms with van der Waals surface area (Å²) in [5.74, 6) is 0. The van der Waals surface area contributed by atoms with Crippen molar-refractivity contribution in [3.63, 3.8) is 0 Å². The van der Waals surface area contributed by atoms with Gasteiger partial charge in [-0.1, -0.05) is 81.4 Å². The summed E-state index contributed by atoms with van der Waals surface area (Å²) in [5.41, 5.74) is -2.01. The highest BCUT2D eigenvalue weighted by Crippen LogP contribution is 2.48. The van der Waals surface area contributed by atoms with Crippen LogP contribution in [0.1, 0.15) is 20.8 Å². The fraction of sp³-hybridized carbons (Fsp3) is 0.429. The fourth-order valence-corrected chi connectivity index (χ4v) is 10.9. The van der Waals surface area contributed by atoms with Crippen molar-refractivity contribution < 1.29 is 25.2 Å². The van der Waals surface area contributed by atoms with E-state index in [1.165, 1.54) is 0 Å². The summed E-state index contributed by atoms with van der Waals surface area (Å²) in [6, 6.07) is 19.2. The first-order valence-electron chi connectivity index (χ1n) is 9.18. The number of ether oxygens (including phenoxy) is 1. The van der Waals surface area contributed by atoms with Crippen molar-refractivity contribution >= 4 is 18.4 Å². The van der Waals surface area contributed by atoms with E-state index in [0.29, 0.717) is 0 Å². The molecule has 1 unspecified atom stereocenters. The van der Waals surface area contributed by atoms with Gasteiger partial charge < -0.3 is 25.2 Å². The van der Waals surface area contributed by atoms with Crippen molar-refractivity contribution in [2.75, 3.05) is 6.61 Å². The lowest BCUT2D eigenvalue weighted by Crippen LogP contribution is -2.80. The molecule has 1 aliphatic rings. The summed E-state index contributed by atoms with van der Waals surface area (Å²) in [5, 5.41) is 44.2. The Morgan fingerprint density at radius 3 is 1.70 bits per heavy atom. The topological polar surface area (TPSA) is 90.2 Å². The Kier molecular flexibility index (Phi) is 5.33. The first-order valence-corrected chi connectivity index (χ1v) is 11.2. The molecule has 1 saturated heterocycles. The van der Waals surface area contributed by atoms with E-state index in [2.05, 4.69) is 0 Å². The van der Waals surface area contributed by atoms with E-state index in [1.807, 2.05) is 81.4 Å². The minimum absolute atomic E-state index is 0.487. The van der Waals surface area contributed by atoms with Gasteiger partial charge in [-0.15, -0.1) is 0 Å². The lowest BCUT2D eigenvalue weighted by Gasteiger charge is -2.52. The van der Waals surface area contributed by atoms with Gasteiger partial charge in [0.1, 0.15) is 18.3 Å². The van der Waals surface area contributed by atoms with Crippen molar-refractivity contribution in [3.8, 4) is 0 Å². The lowest BCUT2D eigenvalue weighted by molar-refractivity contribution is -0.178. The Bertz CT molecular complexity index is 722. The molecule has 0 aliphatic carbocycles. The van der Waals surface area contributed by atoms with Gasteiger partial charge in [0.05, 0.1) is 6.61 Å². The first-order chi connectivity index (χ1) is 12.7. The van der Waals surface area contributed by atoms with Crippen LogP contribution >= 0.6 is 0 Å². The van der Waals surface area contributed by atoms with Gasteiger partial charge >= 0.3 is 0 Å². The smallest absolute Gasteiger partial charge is 0.195 e. The predicted octanol–water partition coefficient (Wildman–Crippen LogP) is 0.390. The normalized spacial score (nSPS) is 29.1. The first kappa shape index (κ1) is 20.2. The molecule has 4 N–H and O–H groups in total. The number of aliphatic hydroxyl groups is 4. The summed E-state index contributed by atoms with van der Waals surface area (Å²) in [7, 11) is -3.29. The van der Waals surface area contributed by atoms with E-state index in [0.717, 1.165) is 10.4 Å². The SMILES string of the molecule is CC(C)(C)[Si](c1ccccc1)(c1ccccc1)C1(O)O[C@H](CO)[C@@H](O)[C@@H]1O. The van der Waals surface area contributed by atoms with Crippen LogP contribution in [0.15, 0.2) is 60.7 Å². The molecule has 0 amide bonds. The molecule has 146 valence electrons. The van der Waals surface area contributed by atoms with Crippen LogP contribution in [0.25, 0.3) is 0 Å². The fourth-order valence-electron chi connectivity index (χ4n) is 4.62. The third-order valence-corrected chi connectivity index (χ3v) is 11.8. The molecule has 0 bridgehead atoms. The molecular weight excluding hydrogens is 360 g/mol. The van der Waals surface area contributed by atoms with Gasteiger partial charge in [-0.05, 0) is 15.4 Å². The maximum Gasteiger partial charge on any atom is 0.195 e. The number of benzene rings is 2. The molecule has 2 aromatic rings. The standard InChI is InChI=1S/C21H28O5Si/c1-20(2,3)27(15-10-6-4-7-11-15,16-12-8-5-9-13-16)21(25)19(24)18(23)17(14-22)26-21/h4-13,17-19,22-25H,14H2,1-3H3/t17-,18-,19+,21?/m1/s1. The zero-order chi connectivity index (χ0) is 19.9. The predicted molar refractivity (Wildman–Crippen MR) is 107 cm³/mol. The van der Waals surface area contributed by atoms with Gasteiger partial charge in [0.2, 0.25) is 0 Å². The molecule has 2 aromatic carbocycles. The average Bonchev–Trinajstić information content (AvgIpc) is 2.87. The molecule has 0 spiro atoms. The summed E-state index contributed by atoms with van der Waals surface area (Å²) in [6.45, 7) is 5.57. The van der Waals surface area contributed by atoms with Crippen molar-refractivity contribution in [1.82, 2.24) is 0 Å². The van der Waals surface area contributed by atoms with Crippen molar-refractivity contribution in [2.24, 2.45) is 0 Å². The molecule has 3 rings (SSSR count). The molecular formula is C21H28O5Si. The summed E-state index contributed by atoms with van der Waals surface area (Å²) in [4.78, 5) is 0. The van der Waals surface area contributed by atoms with E-state index in [1.54, 1.807) is 0 Å². The lowest BCUT2D eigenvalue weighted by atomic mass is 10.1. The number of aliphatic hydroxyl groups excluding tert-OH is 3. The third-order valence-electron chi connectivity index (χ3n) is 5.69. The van der Waals surface area contributed by atoms with E-state index in [4.69, 9.17) is 4.74 Å². The second-order valence-corrected chi connectivity index (χ2v) is 13.1. The Balaban J connectivity index is 2.38. The van der Waals surface area contributed by atoms with Gasteiger partial charge in [0, 0.05) is 0 Å². The van der Waals surface area contributed by atoms with Crippen molar-refractivity contribution in [2.45, 2.75) is 49.5 Å². The molecule has 1 heterocycles. The van der Waals surface area contributed by atoms with Gasteiger partial charge in [0.15, 0.2) is 13.5 Å². The molecule has 4 atom stereocenters. The van der Waals surface area contributed by atoms with Crippen LogP contribution in [0, 0.1) is 0 Å². The molecule has 27 heavy (non-hydrogen) atoms. The zero-order valence-corrected chi connectivity index (χ0v) is 16.9. The maximum absolute atomic E-state index is 11.9. The number of rotatable bonds is 4. The molecule has 5 nitrogen and oxygen atoms in total. The molecule has 1 fully saturated rings. The molecule has 0 radical (unpaired) electrons. The minimum Gasteiger partial charge on any atom is -0.394 e. The highest BCUT2D eigenvalue weighted by Gasteiger charge is 2.70. The van der Waals surface area contributed by atoms with Crippen LogP contribution in [0.5, 0.6) is 0 Å². The third kappa shape index (κ3) is 2.88. The highest BCUT2D eigenvalue weighted by atomic mass is 28.3. The Labute approximate surface area is 160 Å². The highest BCUT2D eigenvalue weighted by molar-refractivity contribution is 7.06.